The second kappa shape index (κ2) is 6.96. The van der Waals surface area contributed by atoms with Gasteiger partial charge in [-0.25, -0.2) is 8.42 Å². The van der Waals surface area contributed by atoms with E-state index in [9.17, 15) is 13.2 Å². The summed E-state index contributed by atoms with van der Waals surface area (Å²) in [7, 11) is -2.28. The fraction of sp³-hybridized carbons (Fsp3) is 0.909. The molecule has 1 unspecified atom stereocenters. The van der Waals surface area contributed by atoms with Crippen molar-refractivity contribution >= 4 is 15.8 Å². The zero-order chi connectivity index (χ0) is 13.5. The zero-order valence-electron chi connectivity index (χ0n) is 11.1. The molecule has 0 aliphatic carbocycles. The van der Waals surface area contributed by atoms with Crippen molar-refractivity contribution < 1.29 is 17.9 Å². The van der Waals surface area contributed by atoms with Gasteiger partial charge in [0.15, 0.2) is 14.6 Å². The molecule has 0 saturated carbocycles. The molecule has 0 aromatic carbocycles. The molecule has 5 nitrogen and oxygen atoms in total. The minimum absolute atomic E-state index is 0.224. The van der Waals surface area contributed by atoms with Crippen molar-refractivity contribution in [2.75, 3.05) is 26.5 Å². The molecule has 0 saturated heterocycles. The average molecular weight is 265 g/mol. The summed E-state index contributed by atoms with van der Waals surface area (Å²) in [5, 5.41) is 3.12. The van der Waals surface area contributed by atoms with Gasteiger partial charge in [0, 0.05) is 6.26 Å². The molecule has 102 valence electrons. The van der Waals surface area contributed by atoms with Crippen molar-refractivity contribution in [2.45, 2.75) is 37.9 Å². The fourth-order valence-electron chi connectivity index (χ4n) is 1.41. The highest BCUT2D eigenvalue weighted by Gasteiger charge is 2.44. The maximum atomic E-state index is 11.6. The highest BCUT2D eigenvalue weighted by molar-refractivity contribution is 7.92. The van der Waals surface area contributed by atoms with Crippen LogP contribution >= 0.6 is 0 Å². The molecule has 0 rings (SSSR count). The van der Waals surface area contributed by atoms with Gasteiger partial charge in [-0.05, 0) is 32.9 Å². The highest BCUT2D eigenvalue weighted by atomic mass is 32.2. The Morgan fingerprint density at radius 1 is 1.35 bits per heavy atom. The van der Waals surface area contributed by atoms with Crippen molar-refractivity contribution in [1.82, 2.24) is 5.32 Å². The normalized spacial score (nSPS) is 15.3. The smallest absolute Gasteiger partial charge is 0.326 e. The van der Waals surface area contributed by atoms with Gasteiger partial charge in [-0.2, -0.15) is 0 Å². The maximum absolute atomic E-state index is 11.6. The first-order valence-corrected chi connectivity index (χ1v) is 7.67. The fourth-order valence-corrected chi connectivity index (χ4v) is 2.27. The van der Waals surface area contributed by atoms with Crippen LogP contribution in [0.4, 0.5) is 0 Å². The first-order chi connectivity index (χ1) is 7.79. The van der Waals surface area contributed by atoms with Gasteiger partial charge in [-0.15, -0.1) is 0 Å². The number of hydrogen-bond donors (Lipinski definition) is 1. The first kappa shape index (κ1) is 16.4. The molecular formula is C11H23NO4S. The van der Waals surface area contributed by atoms with Gasteiger partial charge in [-0.1, -0.05) is 13.3 Å². The number of rotatable bonds is 8. The lowest BCUT2D eigenvalue weighted by molar-refractivity contribution is -0.143. The Hall–Kier alpha value is -0.620. The van der Waals surface area contributed by atoms with E-state index in [4.69, 9.17) is 0 Å². The first-order valence-electron chi connectivity index (χ1n) is 5.78. The van der Waals surface area contributed by atoms with Gasteiger partial charge in [0.2, 0.25) is 0 Å². The molecule has 0 fully saturated rings. The van der Waals surface area contributed by atoms with Gasteiger partial charge in [-0.3, -0.25) is 4.79 Å². The third-order valence-electron chi connectivity index (χ3n) is 2.92. The van der Waals surface area contributed by atoms with Crippen LogP contribution in [0.1, 0.15) is 33.1 Å². The van der Waals surface area contributed by atoms with Gasteiger partial charge in [0.1, 0.15) is 0 Å². The van der Waals surface area contributed by atoms with Crippen LogP contribution in [0.15, 0.2) is 0 Å². The summed E-state index contributed by atoms with van der Waals surface area (Å²) >= 11 is 0. The highest BCUT2D eigenvalue weighted by Crippen LogP contribution is 2.21. The SMILES string of the molecule is CCCCNCCC(C)(C(=O)OC)S(C)(=O)=O. The van der Waals surface area contributed by atoms with Gasteiger partial charge in [0.25, 0.3) is 0 Å². The van der Waals surface area contributed by atoms with Crippen LogP contribution in [-0.2, 0) is 19.4 Å². The monoisotopic (exact) mass is 265 g/mol. The predicted molar refractivity (Wildman–Crippen MR) is 67.7 cm³/mol. The van der Waals surface area contributed by atoms with E-state index >= 15 is 0 Å². The maximum Gasteiger partial charge on any atom is 0.326 e. The summed E-state index contributed by atoms with van der Waals surface area (Å²) < 4.78 is 26.4. The van der Waals surface area contributed by atoms with Crippen LogP contribution < -0.4 is 5.32 Å². The number of sulfone groups is 1. The molecule has 0 spiro atoms. The minimum atomic E-state index is -3.48. The summed E-state index contributed by atoms with van der Waals surface area (Å²) in [5.41, 5.74) is 0. The molecule has 1 atom stereocenters. The minimum Gasteiger partial charge on any atom is -0.468 e. The van der Waals surface area contributed by atoms with Crippen LogP contribution in [-0.4, -0.2) is 45.6 Å². The zero-order valence-corrected chi connectivity index (χ0v) is 11.9. The molecule has 17 heavy (non-hydrogen) atoms. The third kappa shape index (κ3) is 4.63. The number of unbranched alkanes of at least 4 members (excludes halogenated alkanes) is 1. The lowest BCUT2D eigenvalue weighted by Gasteiger charge is -2.24. The third-order valence-corrected chi connectivity index (χ3v) is 4.93. The Bertz CT molecular complexity index is 339. The molecule has 0 aromatic heterocycles. The Kier molecular flexibility index (Phi) is 6.70. The van der Waals surface area contributed by atoms with Crippen LogP contribution in [0.2, 0.25) is 0 Å². The Balaban J connectivity index is 4.48. The Labute approximate surface area is 104 Å². The molecule has 1 N–H and O–H groups in total. The summed E-state index contributed by atoms with van der Waals surface area (Å²) in [6.45, 7) is 4.81. The average Bonchev–Trinajstić information content (AvgIpc) is 2.25. The van der Waals surface area contributed by atoms with Crippen molar-refractivity contribution in [2.24, 2.45) is 0 Å². The Morgan fingerprint density at radius 2 is 1.94 bits per heavy atom. The molecule has 0 bridgehead atoms. The van der Waals surface area contributed by atoms with E-state index < -0.39 is 20.6 Å². The summed E-state index contributed by atoms with van der Waals surface area (Å²) in [4.78, 5) is 11.6. The molecule has 6 heteroatoms. The van der Waals surface area contributed by atoms with Crippen molar-refractivity contribution in [3.05, 3.63) is 0 Å². The summed E-state index contributed by atoms with van der Waals surface area (Å²) in [5.74, 6) is -0.697. The molecule has 0 aromatic rings. The van der Waals surface area contributed by atoms with Crippen LogP contribution in [0.25, 0.3) is 0 Å². The predicted octanol–water partition coefficient (Wildman–Crippen LogP) is 0.743. The van der Waals surface area contributed by atoms with Crippen LogP contribution in [0, 0.1) is 0 Å². The number of carbonyl (C=O) groups excluding carboxylic acids is 1. The quantitative estimate of drug-likeness (QED) is 0.518. The molecule has 0 aliphatic heterocycles. The molecular weight excluding hydrogens is 242 g/mol. The molecule has 0 heterocycles. The second-order valence-corrected chi connectivity index (χ2v) is 6.79. The standard InChI is InChI=1S/C11H23NO4S/c1-5-6-8-12-9-7-11(2,10(13)16-3)17(4,14)15/h12H,5-9H2,1-4H3. The second-order valence-electron chi connectivity index (χ2n) is 4.35. The van der Waals surface area contributed by atoms with Crippen molar-refractivity contribution in [3.63, 3.8) is 0 Å². The number of ether oxygens (including phenoxy) is 1. The summed E-state index contributed by atoms with van der Waals surface area (Å²) in [6, 6.07) is 0. The van der Waals surface area contributed by atoms with E-state index in [-0.39, 0.29) is 6.42 Å². The van der Waals surface area contributed by atoms with Crippen LogP contribution in [0.3, 0.4) is 0 Å². The molecule has 0 radical (unpaired) electrons. The van der Waals surface area contributed by atoms with Crippen LogP contribution in [0.5, 0.6) is 0 Å². The lowest BCUT2D eigenvalue weighted by Crippen LogP contribution is -2.46. The number of esters is 1. The van der Waals surface area contributed by atoms with Gasteiger partial charge >= 0.3 is 5.97 Å². The number of methoxy groups -OCH3 is 1. The van der Waals surface area contributed by atoms with Crippen molar-refractivity contribution in [3.8, 4) is 0 Å². The van der Waals surface area contributed by atoms with Crippen molar-refractivity contribution in [1.29, 1.82) is 0 Å². The van der Waals surface area contributed by atoms with E-state index in [0.717, 1.165) is 25.6 Å². The number of hydrogen-bond acceptors (Lipinski definition) is 5. The largest absolute Gasteiger partial charge is 0.468 e. The molecule has 0 aliphatic rings. The number of carbonyl (C=O) groups is 1. The van der Waals surface area contributed by atoms with E-state index in [0.29, 0.717) is 6.54 Å². The lowest BCUT2D eigenvalue weighted by atomic mass is 10.1. The van der Waals surface area contributed by atoms with E-state index in [1.165, 1.54) is 14.0 Å². The number of nitrogens with one attached hydrogen (secondary N) is 1. The van der Waals surface area contributed by atoms with Gasteiger partial charge in [0.05, 0.1) is 7.11 Å². The Morgan fingerprint density at radius 3 is 2.35 bits per heavy atom. The van der Waals surface area contributed by atoms with E-state index in [1.54, 1.807) is 0 Å². The molecule has 0 amide bonds. The van der Waals surface area contributed by atoms with E-state index in [1.807, 2.05) is 0 Å². The van der Waals surface area contributed by atoms with Gasteiger partial charge < -0.3 is 10.1 Å². The van der Waals surface area contributed by atoms with E-state index in [2.05, 4.69) is 17.0 Å². The summed E-state index contributed by atoms with van der Waals surface area (Å²) in [6.07, 6.45) is 3.40. The topological polar surface area (TPSA) is 72.5 Å².